The van der Waals surface area contributed by atoms with Crippen molar-refractivity contribution in [2.24, 2.45) is 11.8 Å². The number of hydrogen-bond donors (Lipinski definition) is 10. The van der Waals surface area contributed by atoms with E-state index in [4.69, 9.17) is 4.74 Å². The van der Waals surface area contributed by atoms with E-state index in [1.807, 2.05) is 45.0 Å². The van der Waals surface area contributed by atoms with E-state index in [9.17, 15) is 33.6 Å². The minimum absolute atomic E-state index is 0.0277. The number of rotatable bonds is 25. The SMILES string of the molecule is CCOC[C@H](CC(C)C)NC(=O)[C@H](Cc1cnc[nH]1)NC(=O)[C@@H](C)NC(=O)[C@@H](NC(=O)[C@H](C)NC(=O)[C@H](Cc1c[nH]c2ccccc12)NC(=O)[C@H](Cc1cnc[nH]1)NC(C)=O)C(C)C. The van der Waals surface area contributed by atoms with Crippen molar-refractivity contribution in [3.05, 3.63) is 72.5 Å². The molecule has 4 aromatic rings. The number of hydrogen-bond acceptors (Lipinski definition) is 10. The van der Waals surface area contributed by atoms with Crippen molar-refractivity contribution in [1.29, 1.82) is 0 Å². The van der Waals surface area contributed by atoms with Gasteiger partial charge in [-0.2, -0.15) is 0 Å². The fourth-order valence-electron chi connectivity index (χ4n) is 7.06. The molecule has 20 heteroatoms. The summed E-state index contributed by atoms with van der Waals surface area (Å²) in [7, 11) is 0. The van der Waals surface area contributed by atoms with Gasteiger partial charge in [-0.15, -0.1) is 0 Å². The molecule has 348 valence electrons. The number of H-pyrrole nitrogens is 3. The van der Waals surface area contributed by atoms with Crippen molar-refractivity contribution >= 4 is 52.3 Å². The normalized spacial score (nSPS) is 14.7. The average Bonchev–Trinajstić information content (AvgIpc) is 4.04. The number of nitrogens with zero attached hydrogens (tertiary/aromatic N) is 2. The van der Waals surface area contributed by atoms with Crippen LogP contribution in [0.5, 0.6) is 0 Å². The molecule has 10 N–H and O–H groups in total. The molecule has 4 rings (SSSR count). The second-order valence-electron chi connectivity index (χ2n) is 16.7. The number of ether oxygens (including phenoxy) is 1. The van der Waals surface area contributed by atoms with Gasteiger partial charge < -0.3 is 56.9 Å². The van der Waals surface area contributed by atoms with Gasteiger partial charge in [-0.3, -0.25) is 33.6 Å². The molecule has 3 heterocycles. The van der Waals surface area contributed by atoms with E-state index >= 15 is 0 Å². The van der Waals surface area contributed by atoms with E-state index in [0.717, 1.165) is 16.5 Å². The van der Waals surface area contributed by atoms with E-state index < -0.39 is 83.5 Å². The Morgan fingerprint density at radius 2 is 1.16 bits per heavy atom. The van der Waals surface area contributed by atoms with E-state index in [1.165, 1.54) is 39.6 Å². The molecular weight excluding hydrogens is 825 g/mol. The Hall–Kier alpha value is -6.57. The molecule has 0 aliphatic heterocycles. The van der Waals surface area contributed by atoms with Crippen LogP contribution < -0.4 is 37.2 Å². The second kappa shape index (κ2) is 24.3. The number of carbonyl (C=O) groups is 7. The summed E-state index contributed by atoms with van der Waals surface area (Å²) in [6, 6.07) is 0.427. The van der Waals surface area contributed by atoms with Crippen LogP contribution in [0, 0.1) is 11.8 Å². The summed E-state index contributed by atoms with van der Waals surface area (Å²) in [4.78, 5) is 111. The second-order valence-corrected chi connectivity index (χ2v) is 16.7. The lowest BCUT2D eigenvalue weighted by Crippen LogP contribution is -2.60. The number of aromatic nitrogens is 5. The summed E-state index contributed by atoms with van der Waals surface area (Å²) in [5.41, 5.74) is 2.73. The summed E-state index contributed by atoms with van der Waals surface area (Å²) in [5.74, 6) is -4.42. The molecule has 7 atom stereocenters. The topological polar surface area (TPSA) is 286 Å². The Kier molecular flexibility index (Phi) is 19.0. The number of amides is 7. The molecule has 0 aliphatic carbocycles. The van der Waals surface area contributed by atoms with Gasteiger partial charge in [-0.05, 0) is 50.7 Å². The maximum atomic E-state index is 14.0. The highest BCUT2D eigenvalue weighted by Gasteiger charge is 2.33. The molecule has 0 bridgehead atoms. The fourth-order valence-corrected chi connectivity index (χ4v) is 7.06. The van der Waals surface area contributed by atoms with E-state index in [-0.39, 0.29) is 31.2 Å². The monoisotopic (exact) mass is 888 g/mol. The van der Waals surface area contributed by atoms with Crippen LogP contribution in [0.3, 0.4) is 0 Å². The number of imidazole rings is 2. The van der Waals surface area contributed by atoms with Crippen LogP contribution in [0.1, 0.15) is 78.8 Å². The van der Waals surface area contributed by atoms with Gasteiger partial charge in [0.05, 0.1) is 25.3 Å². The van der Waals surface area contributed by atoms with Crippen LogP contribution >= 0.6 is 0 Å². The van der Waals surface area contributed by atoms with Crippen LogP contribution in [0.15, 0.2) is 55.5 Å². The van der Waals surface area contributed by atoms with Crippen molar-refractivity contribution < 1.29 is 38.3 Å². The van der Waals surface area contributed by atoms with Crippen molar-refractivity contribution in [3.8, 4) is 0 Å². The maximum Gasteiger partial charge on any atom is 0.243 e. The molecule has 20 nitrogen and oxygen atoms in total. The van der Waals surface area contributed by atoms with Gasteiger partial charge in [0.2, 0.25) is 41.4 Å². The first-order valence-electron chi connectivity index (χ1n) is 21.6. The summed E-state index contributed by atoms with van der Waals surface area (Å²) >= 11 is 0. The lowest BCUT2D eigenvalue weighted by Gasteiger charge is -2.27. The van der Waals surface area contributed by atoms with Crippen LogP contribution in [-0.4, -0.2) is 122 Å². The van der Waals surface area contributed by atoms with Gasteiger partial charge >= 0.3 is 0 Å². The highest BCUT2D eigenvalue weighted by Crippen LogP contribution is 2.19. The molecule has 64 heavy (non-hydrogen) atoms. The third-order valence-electron chi connectivity index (χ3n) is 10.4. The van der Waals surface area contributed by atoms with Gasteiger partial charge in [-0.25, -0.2) is 9.97 Å². The third kappa shape index (κ3) is 15.4. The predicted octanol–water partition coefficient (Wildman–Crippen LogP) is 0.834. The molecule has 3 aromatic heterocycles. The van der Waals surface area contributed by atoms with Crippen LogP contribution in [0.4, 0.5) is 0 Å². The Bertz CT molecular complexity index is 2150. The molecule has 0 unspecified atom stereocenters. The van der Waals surface area contributed by atoms with Gasteiger partial charge in [0.15, 0.2) is 0 Å². The quantitative estimate of drug-likeness (QED) is 0.0448. The van der Waals surface area contributed by atoms with E-state index in [0.29, 0.717) is 31.0 Å². The van der Waals surface area contributed by atoms with Crippen LogP contribution in [0.25, 0.3) is 10.9 Å². The van der Waals surface area contributed by atoms with Gasteiger partial charge in [0.25, 0.3) is 0 Å². The first kappa shape index (κ1) is 50.1. The van der Waals surface area contributed by atoms with E-state index in [2.05, 4.69) is 62.1 Å². The molecule has 0 aliphatic rings. The number of aromatic amines is 3. The zero-order valence-electron chi connectivity index (χ0n) is 37.8. The van der Waals surface area contributed by atoms with Gasteiger partial charge in [-0.1, -0.05) is 45.9 Å². The fraction of sp³-hybridized carbons (Fsp3) is 0.523. The highest BCUT2D eigenvalue weighted by atomic mass is 16.5. The molecule has 7 amide bonds. The van der Waals surface area contributed by atoms with Crippen molar-refractivity contribution in [1.82, 2.24) is 62.1 Å². The smallest absolute Gasteiger partial charge is 0.243 e. The number of carbonyl (C=O) groups excluding carboxylic acids is 7. The summed E-state index contributed by atoms with van der Waals surface area (Å²) in [5, 5.41) is 20.0. The number of benzene rings is 1. The average molecular weight is 889 g/mol. The van der Waals surface area contributed by atoms with E-state index in [1.54, 1.807) is 26.2 Å². The van der Waals surface area contributed by atoms with Crippen molar-refractivity contribution in [2.45, 2.75) is 123 Å². The Balaban J connectivity index is 1.43. The lowest BCUT2D eigenvalue weighted by molar-refractivity contribution is -0.135. The summed E-state index contributed by atoms with van der Waals surface area (Å²) in [6.45, 7) is 14.3. The third-order valence-corrected chi connectivity index (χ3v) is 10.4. The Morgan fingerprint density at radius 3 is 1.72 bits per heavy atom. The zero-order valence-corrected chi connectivity index (χ0v) is 37.8. The molecular formula is C44H64N12O8. The maximum absolute atomic E-state index is 14.0. The summed E-state index contributed by atoms with van der Waals surface area (Å²) in [6.07, 6.45) is 8.57. The molecule has 0 fully saturated rings. The number of para-hydroxylation sites is 1. The predicted molar refractivity (Wildman–Crippen MR) is 238 cm³/mol. The van der Waals surface area contributed by atoms with Crippen LogP contribution in [-0.2, 0) is 57.6 Å². The van der Waals surface area contributed by atoms with Crippen molar-refractivity contribution in [2.75, 3.05) is 13.2 Å². The first-order valence-corrected chi connectivity index (χ1v) is 21.6. The molecule has 0 spiro atoms. The molecule has 0 saturated heterocycles. The standard InChI is InChI=1S/C44H64N12O8/c1-9-64-21-32(14-24(2)3)53-42(61)37(17-31-20-46-23-49-31)54-39(58)26(6)51-44(63)38(25(4)5)56-40(59)27(7)50-41(60)35(15-29-18-47-34-13-11-10-12-33(29)34)55-43(62)36(52-28(8)57)16-30-19-45-22-48-30/h10-13,18-20,22-27,32,35-38,47H,9,14-17,21H2,1-8H3,(H,45,48)(H,46,49)(H,50,60)(H,51,63)(H,52,57)(H,53,61)(H,54,58)(H,55,62)(H,56,59)/t26-,27+,32+,35+,36+,37+,38+/m1/s1. The zero-order chi connectivity index (χ0) is 46.9. The molecule has 0 radical (unpaired) electrons. The summed E-state index contributed by atoms with van der Waals surface area (Å²) < 4.78 is 5.59. The lowest BCUT2D eigenvalue weighted by atomic mass is 10.0. The Morgan fingerprint density at radius 1 is 0.625 bits per heavy atom. The number of nitrogens with one attached hydrogen (secondary N) is 10. The molecule has 1 aromatic carbocycles. The van der Waals surface area contributed by atoms with Crippen LogP contribution in [0.2, 0.25) is 0 Å². The molecule has 0 saturated carbocycles. The Labute approximate surface area is 372 Å². The first-order chi connectivity index (χ1) is 30.4. The largest absolute Gasteiger partial charge is 0.380 e. The van der Waals surface area contributed by atoms with Crippen molar-refractivity contribution in [3.63, 3.8) is 0 Å². The minimum Gasteiger partial charge on any atom is -0.380 e. The number of fused-ring (bicyclic) bond motifs is 1. The van der Waals surface area contributed by atoms with Gasteiger partial charge in [0.1, 0.15) is 36.3 Å². The van der Waals surface area contributed by atoms with Gasteiger partial charge in [0, 0.05) is 73.7 Å². The highest BCUT2D eigenvalue weighted by molar-refractivity contribution is 5.97. The minimum atomic E-state index is -1.20.